The first kappa shape index (κ1) is 10.5. The van der Waals surface area contributed by atoms with E-state index in [1.807, 2.05) is 4.90 Å². The van der Waals surface area contributed by atoms with Crippen molar-refractivity contribution >= 4 is 5.91 Å². The van der Waals surface area contributed by atoms with E-state index in [4.69, 9.17) is 0 Å². The van der Waals surface area contributed by atoms with Gasteiger partial charge in [0.2, 0.25) is 5.91 Å². The highest BCUT2D eigenvalue weighted by Gasteiger charge is 2.15. The first-order chi connectivity index (χ1) is 6.20. The Morgan fingerprint density at radius 2 is 1.92 bits per heavy atom. The third-order valence-electron chi connectivity index (χ3n) is 2.37. The van der Waals surface area contributed by atoms with Crippen LogP contribution in [0.4, 0.5) is 0 Å². The quantitative estimate of drug-likeness (QED) is 0.709. The highest BCUT2D eigenvalue weighted by Crippen LogP contribution is 2.08. The average molecular weight is 184 g/mol. The van der Waals surface area contributed by atoms with E-state index in [1.165, 1.54) is 19.3 Å². The molecule has 1 saturated heterocycles. The van der Waals surface area contributed by atoms with E-state index in [-0.39, 0.29) is 5.91 Å². The van der Waals surface area contributed by atoms with Crippen LogP contribution in [0.1, 0.15) is 33.1 Å². The molecule has 3 heteroatoms. The monoisotopic (exact) mass is 184 g/mol. The second kappa shape index (κ2) is 5.22. The van der Waals surface area contributed by atoms with Gasteiger partial charge in [-0.05, 0) is 19.3 Å². The smallest absolute Gasteiger partial charge is 0.236 e. The number of amides is 1. The van der Waals surface area contributed by atoms with Crippen LogP contribution < -0.4 is 5.32 Å². The fourth-order valence-corrected chi connectivity index (χ4v) is 1.55. The van der Waals surface area contributed by atoms with E-state index in [1.54, 1.807) is 0 Å². The Labute approximate surface area is 80.5 Å². The Morgan fingerprint density at radius 1 is 1.31 bits per heavy atom. The summed E-state index contributed by atoms with van der Waals surface area (Å²) in [6.45, 7) is 6.53. The standard InChI is InChI=1S/C10H20N2O/c1-9(2)11-8-10(13)12-6-4-3-5-7-12/h9,11H,3-8H2,1-2H3. The second-order valence-electron chi connectivity index (χ2n) is 3.98. The number of piperidine rings is 1. The molecule has 3 nitrogen and oxygen atoms in total. The molecule has 1 heterocycles. The van der Waals surface area contributed by atoms with Gasteiger partial charge in [0.15, 0.2) is 0 Å². The Morgan fingerprint density at radius 3 is 2.46 bits per heavy atom. The van der Waals surface area contributed by atoms with E-state index >= 15 is 0 Å². The van der Waals surface area contributed by atoms with Gasteiger partial charge in [-0.2, -0.15) is 0 Å². The van der Waals surface area contributed by atoms with Gasteiger partial charge >= 0.3 is 0 Å². The fraction of sp³-hybridized carbons (Fsp3) is 0.900. The van der Waals surface area contributed by atoms with Crippen molar-refractivity contribution in [3.63, 3.8) is 0 Å². The zero-order valence-corrected chi connectivity index (χ0v) is 8.68. The minimum Gasteiger partial charge on any atom is -0.342 e. The van der Waals surface area contributed by atoms with Gasteiger partial charge < -0.3 is 10.2 Å². The second-order valence-corrected chi connectivity index (χ2v) is 3.98. The molecule has 1 N–H and O–H groups in total. The molecule has 1 aliphatic heterocycles. The third kappa shape index (κ3) is 3.77. The van der Waals surface area contributed by atoms with Gasteiger partial charge in [0.05, 0.1) is 6.54 Å². The number of carbonyl (C=O) groups excluding carboxylic acids is 1. The van der Waals surface area contributed by atoms with Gasteiger partial charge in [0.1, 0.15) is 0 Å². The van der Waals surface area contributed by atoms with Gasteiger partial charge in [0.25, 0.3) is 0 Å². The van der Waals surface area contributed by atoms with E-state index in [2.05, 4.69) is 19.2 Å². The van der Waals surface area contributed by atoms with Crippen LogP contribution >= 0.6 is 0 Å². The van der Waals surface area contributed by atoms with Crippen LogP contribution in [-0.2, 0) is 4.79 Å². The molecule has 76 valence electrons. The lowest BCUT2D eigenvalue weighted by molar-refractivity contribution is -0.131. The summed E-state index contributed by atoms with van der Waals surface area (Å²) in [7, 11) is 0. The molecular weight excluding hydrogens is 164 g/mol. The van der Waals surface area contributed by atoms with Crippen LogP contribution in [0.15, 0.2) is 0 Å². The molecule has 0 aromatic carbocycles. The lowest BCUT2D eigenvalue weighted by Gasteiger charge is -2.27. The van der Waals surface area contributed by atoms with Gasteiger partial charge in [0, 0.05) is 19.1 Å². The predicted octanol–water partition coefficient (Wildman–Crippen LogP) is 0.997. The SMILES string of the molecule is CC(C)NCC(=O)N1CCCCC1. The summed E-state index contributed by atoms with van der Waals surface area (Å²) in [5.41, 5.74) is 0. The Hall–Kier alpha value is -0.570. The minimum atomic E-state index is 0.258. The maximum Gasteiger partial charge on any atom is 0.236 e. The highest BCUT2D eigenvalue weighted by molar-refractivity contribution is 5.78. The summed E-state index contributed by atoms with van der Waals surface area (Å²) in [6, 6.07) is 0.397. The number of hydrogen-bond acceptors (Lipinski definition) is 2. The number of carbonyl (C=O) groups is 1. The van der Waals surface area contributed by atoms with Crippen molar-refractivity contribution in [2.45, 2.75) is 39.2 Å². The first-order valence-corrected chi connectivity index (χ1v) is 5.21. The minimum absolute atomic E-state index is 0.258. The molecule has 0 aliphatic carbocycles. The third-order valence-corrected chi connectivity index (χ3v) is 2.37. The van der Waals surface area contributed by atoms with Crippen LogP contribution in [0.2, 0.25) is 0 Å². The van der Waals surface area contributed by atoms with Gasteiger partial charge in [-0.15, -0.1) is 0 Å². The van der Waals surface area contributed by atoms with Crippen molar-refractivity contribution in [2.75, 3.05) is 19.6 Å². The molecule has 13 heavy (non-hydrogen) atoms. The summed E-state index contributed by atoms with van der Waals surface area (Å²) in [6.07, 6.45) is 3.63. The number of rotatable bonds is 3. The molecule has 1 amide bonds. The Balaban J connectivity index is 2.21. The molecule has 1 aliphatic rings. The molecule has 0 atom stereocenters. The molecule has 0 bridgehead atoms. The fourth-order valence-electron chi connectivity index (χ4n) is 1.55. The normalized spacial score (nSPS) is 17.9. The summed E-state index contributed by atoms with van der Waals surface area (Å²) < 4.78 is 0. The molecule has 1 rings (SSSR count). The average Bonchev–Trinajstić information content (AvgIpc) is 2.15. The maximum atomic E-state index is 11.6. The van der Waals surface area contributed by atoms with Crippen molar-refractivity contribution < 1.29 is 4.79 Å². The summed E-state index contributed by atoms with van der Waals surface area (Å²) in [5.74, 6) is 0.258. The lowest BCUT2D eigenvalue weighted by Crippen LogP contribution is -2.42. The molecule has 1 fully saturated rings. The largest absolute Gasteiger partial charge is 0.342 e. The number of nitrogens with zero attached hydrogens (tertiary/aromatic N) is 1. The molecule has 0 unspecified atom stereocenters. The molecular formula is C10H20N2O. The van der Waals surface area contributed by atoms with Crippen molar-refractivity contribution in [1.29, 1.82) is 0 Å². The van der Waals surface area contributed by atoms with E-state index < -0.39 is 0 Å². The van der Waals surface area contributed by atoms with Crippen LogP contribution in [0, 0.1) is 0 Å². The van der Waals surface area contributed by atoms with Crippen LogP contribution in [-0.4, -0.2) is 36.5 Å². The zero-order chi connectivity index (χ0) is 9.68. The Kier molecular flexibility index (Phi) is 4.22. The first-order valence-electron chi connectivity index (χ1n) is 5.21. The predicted molar refractivity (Wildman–Crippen MR) is 53.6 cm³/mol. The molecule has 0 spiro atoms. The van der Waals surface area contributed by atoms with Crippen molar-refractivity contribution in [3.05, 3.63) is 0 Å². The summed E-state index contributed by atoms with van der Waals surface area (Å²) in [4.78, 5) is 13.5. The van der Waals surface area contributed by atoms with Gasteiger partial charge in [-0.3, -0.25) is 4.79 Å². The zero-order valence-electron chi connectivity index (χ0n) is 8.68. The molecule has 0 radical (unpaired) electrons. The van der Waals surface area contributed by atoms with Crippen LogP contribution in [0.3, 0.4) is 0 Å². The van der Waals surface area contributed by atoms with Gasteiger partial charge in [-0.25, -0.2) is 0 Å². The number of likely N-dealkylation sites (tertiary alicyclic amines) is 1. The topological polar surface area (TPSA) is 32.3 Å². The van der Waals surface area contributed by atoms with E-state index in [0.717, 1.165) is 13.1 Å². The van der Waals surface area contributed by atoms with Crippen molar-refractivity contribution in [3.8, 4) is 0 Å². The van der Waals surface area contributed by atoms with Gasteiger partial charge in [-0.1, -0.05) is 13.8 Å². The van der Waals surface area contributed by atoms with Crippen molar-refractivity contribution in [2.24, 2.45) is 0 Å². The van der Waals surface area contributed by atoms with Crippen molar-refractivity contribution in [1.82, 2.24) is 10.2 Å². The lowest BCUT2D eigenvalue weighted by atomic mass is 10.1. The molecule has 0 aromatic rings. The van der Waals surface area contributed by atoms with E-state index in [9.17, 15) is 4.79 Å². The van der Waals surface area contributed by atoms with E-state index in [0.29, 0.717) is 12.6 Å². The number of nitrogens with one attached hydrogen (secondary N) is 1. The maximum absolute atomic E-state index is 11.6. The number of hydrogen-bond donors (Lipinski definition) is 1. The summed E-state index contributed by atoms with van der Waals surface area (Å²) in [5, 5.41) is 3.15. The molecule has 0 aromatic heterocycles. The highest BCUT2D eigenvalue weighted by atomic mass is 16.2. The summed E-state index contributed by atoms with van der Waals surface area (Å²) >= 11 is 0. The Bertz CT molecular complexity index is 162. The molecule has 0 saturated carbocycles. The van der Waals surface area contributed by atoms with Crippen LogP contribution in [0.25, 0.3) is 0 Å². The van der Waals surface area contributed by atoms with Crippen LogP contribution in [0.5, 0.6) is 0 Å².